The van der Waals surface area contributed by atoms with Gasteiger partial charge in [0.25, 0.3) is 0 Å². The normalized spacial score (nSPS) is 15.4. The van der Waals surface area contributed by atoms with Gasteiger partial charge in [-0.15, -0.1) is 0 Å². The van der Waals surface area contributed by atoms with Gasteiger partial charge < -0.3 is 10.4 Å². The highest BCUT2D eigenvalue weighted by Gasteiger charge is 2.36. The SMILES string of the molecule is CN[C@@](C)(C(=O)O)c1cccc(C(F)(F)F)c1. The fraction of sp³-hybridized carbons (Fsp3) is 0.364. The highest BCUT2D eigenvalue weighted by atomic mass is 19.4. The summed E-state index contributed by atoms with van der Waals surface area (Å²) in [5.74, 6) is -1.24. The molecule has 6 heteroatoms. The average molecular weight is 247 g/mol. The van der Waals surface area contributed by atoms with Gasteiger partial charge in [-0.05, 0) is 31.7 Å². The van der Waals surface area contributed by atoms with Gasteiger partial charge in [0, 0.05) is 0 Å². The van der Waals surface area contributed by atoms with Crippen LogP contribution in [0.25, 0.3) is 0 Å². The number of hydrogen-bond acceptors (Lipinski definition) is 2. The quantitative estimate of drug-likeness (QED) is 0.861. The van der Waals surface area contributed by atoms with E-state index >= 15 is 0 Å². The van der Waals surface area contributed by atoms with Crippen molar-refractivity contribution in [3.63, 3.8) is 0 Å². The van der Waals surface area contributed by atoms with Crippen LogP contribution in [0.1, 0.15) is 18.1 Å². The van der Waals surface area contributed by atoms with Crippen molar-refractivity contribution in [2.24, 2.45) is 0 Å². The van der Waals surface area contributed by atoms with E-state index in [1.165, 1.54) is 26.1 Å². The highest BCUT2D eigenvalue weighted by molar-refractivity contribution is 5.80. The Labute approximate surface area is 96.3 Å². The van der Waals surface area contributed by atoms with Crippen LogP contribution in [0.4, 0.5) is 13.2 Å². The molecule has 1 aromatic rings. The summed E-state index contributed by atoms with van der Waals surface area (Å²) in [5.41, 5.74) is -2.35. The second kappa shape index (κ2) is 4.37. The zero-order valence-electron chi connectivity index (χ0n) is 9.30. The number of benzene rings is 1. The average Bonchev–Trinajstić information content (AvgIpc) is 2.26. The first-order valence-corrected chi connectivity index (χ1v) is 4.82. The minimum absolute atomic E-state index is 0.0577. The number of rotatable bonds is 3. The lowest BCUT2D eigenvalue weighted by Gasteiger charge is -2.25. The Hall–Kier alpha value is -1.56. The number of halogens is 3. The summed E-state index contributed by atoms with van der Waals surface area (Å²) in [4.78, 5) is 11.1. The van der Waals surface area contributed by atoms with E-state index in [0.29, 0.717) is 0 Å². The van der Waals surface area contributed by atoms with Gasteiger partial charge in [0.2, 0.25) is 0 Å². The maximum Gasteiger partial charge on any atom is 0.416 e. The van der Waals surface area contributed by atoms with Gasteiger partial charge in [-0.2, -0.15) is 13.2 Å². The van der Waals surface area contributed by atoms with Crippen LogP contribution in [0.3, 0.4) is 0 Å². The standard InChI is InChI=1S/C11H12F3NO2/c1-10(15-2,9(16)17)7-4-3-5-8(6-7)11(12,13)14/h3-6,15H,1-2H3,(H,16,17)/t10-/m1/s1. The second-order valence-corrected chi connectivity index (χ2v) is 3.76. The molecule has 17 heavy (non-hydrogen) atoms. The Bertz CT molecular complexity index is 431. The van der Waals surface area contributed by atoms with Gasteiger partial charge in [-0.25, -0.2) is 4.79 Å². The van der Waals surface area contributed by atoms with Gasteiger partial charge in [0.1, 0.15) is 5.54 Å². The van der Waals surface area contributed by atoms with Crippen LogP contribution in [-0.2, 0) is 16.5 Å². The summed E-state index contributed by atoms with van der Waals surface area (Å²) in [5, 5.41) is 11.5. The fourth-order valence-corrected chi connectivity index (χ4v) is 1.38. The summed E-state index contributed by atoms with van der Waals surface area (Å²) < 4.78 is 37.5. The molecule has 0 saturated heterocycles. The summed E-state index contributed by atoms with van der Waals surface area (Å²) in [6.45, 7) is 1.31. The second-order valence-electron chi connectivity index (χ2n) is 3.76. The zero-order valence-corrected chi connectivity index (χ0v) is 9.30. The summed E-state index contributed by atoms with van der Waals surface area (Å²) >= 11 is 0. The van der Waals surface area contributed by atoms with E-state index in [1.807, 2.05) is 0 Å². The first-order chi connectivity index (χ1) is 7.71. The van der Waals surface area contributed by atoms with Gasteiger partial charge >= 0.3 is 12.1 Å². The number of carboxylic acids is 1. The van der Waals surface area contributed by atoms with Crippen molar-refractivity contribution in [2.75, 3.05) is 7.05 Å². The third-order valence-electron chi connectivity index (χ3n) is 2.69. The predicted octanol–water partition coefficient (Wildman–Crippen LogP) is 2.22. The Kier molecular flexibility index (Phi) is 3.47. The van der Waals surface area contributed by atoms with E-state index in [0.717, 1.165) is 12.1 Å². The largest absolute Gasteiger partial charge is 0.480 e. The lowest BCUT2D eigenvalue weighted by molar-refractivity contribution is -0.145. The zero-order chi connectivity index (χ0) is 13.3. The van der Waals surface area contributed by atoms with Crippen molar-refractivity contribution in [2.45, 2.75) is 18.6 Å². The molecule has 1 atom stereocenters. The molecule has 0 spiro atoms. The molecule has 0 heterocycles. The number of alkyl halides is 3. The summed E-state index contributed by atoms with van der Waals surface area (Å²) in [7, 11) is 1.38. The van der Waals surface area contributed by atoms with Crippen LogP contribution >= 0.6 is 0 Å². The van der Waals surface area contributed by atoms with Crippen LogP contribution in [-0.4, -0.2) is 18.1 Å². The number of nitrogens with one attached hydrogen (secondary N) is 1. The number of likely N-dealkylation sites (N-methyl/N-ethyl adjacent to an activating group) is 1. The van der Waals surface area contributed by atoms with Crippen LogP contribution in [0, 0.1) is 0 Å². The Morgan fingerprint density at radius 1 is 1.29 bits per heavy atom. The molecule has 0 saturated carbocycles. The van der Waals surface area contributed by atoms with Crippen molar-refractivity contribution in [3.05, 3.63) is 35.4 Å². The molecule has 1 rings (SSSR count). The molecule has 2 N–H and O–H groups in total. The molecular formula is C11H12F3NO2. The van der Waals surface area contributed by atoms with E-state index in [1.54, 1.807) is 0 Å². The van der Waals surface area contributed by atoms with Gasteiger partial charge in [0.05, 0.1) is 5.56 Å². The molecule has 0 bridgehead atoms. The number of carboxylic acid groups (broad SMARTS) is 1. The van der Waals surface area contributed by atoms with Crippen LogP contribution in [0.2, 0.25) is 0 Å². The Morgan fingerprint density at radius 3 is 2.24 bits per heavy atom. The molecule has 0 aliphatic heterocycles. The van der Waals surface area contributed by atoms with Crippen LogP contribution in [0.5, 0.6) is 0 Å². The molecule has 94 valence electrons. The van der Waals surface area contributed by atoms with Gasteiger partial charge in [-0.3, -0.25) is 0 Å². The minimum atomic E-state index is -4.48. The minimum Gasteiger partial charge on any atom is -0.480 e. The van der Waals surface area contributed by atoms with Crippen molar-refractivity contribution in [1.29, 1.82) is 0 Å². The highest BCUT2D eigenvalue weighted by Crippen LogP contribution is 2.32. The first-order valence-electron chi connectivity index (χ1n) is 4.82. The summed E-state index contributed by atoms with van der Waals surface area (Å²) in [6, 6.07) is 4.28. The van der Waals surface area contributed by atoms with Crippen molar-refractivity contribution in [1.82, 2.24) is 5.32 Å². The number of carbonyl (C=O) groups is 1. The van der Waals surface area contributed by atoms with E-state index < -0.39 is 23.2 Å². The van der Waals surface area contributed by atoms with Crippen LogP contribution in [0.15, 0.2) is 24.3 Å². The van der Waals surface area contributed by atoms with Crippen LogP contribution < -0.4 is 5.32 Å². The summed E-state index contributed by atoms with van der Waals surface area (Å²) in [6.07, 6.45) is -4.48. The maximum atomic E-state index is 12.5. The van der Waals surface area contributed by atoms with Crippen molar-refractivity contribution < 1.29 is 23.1 Å². The molecule has 1 aromatic carbocycles. The number of hydrogen-bond donors (Lipinski definition) is 2. The van der Waals surface area contributed by atoms with E-state index in [9.17, 15) is 18.0 Å². The first kappa shape index (κ1) is 13.5. The molecule has 0 aromatic heterocycles. The smallest absolute Gasteiger partial charge is 0.416 e. The molecule has 0 aliphatic carbocycles. The lowest BCUT2D eigenvalue weighted by atomic mass is 9.91. The monoisotopic (exact) mass is 247 g/mol. The topological polar surface area (TPSA) is 49.3 Å². The lowest BCUT2D eigenvalue weighted by Crippen LogP contribution is -2.44. The van der Waals surface area contributed by atoms with E-state index in [2.05, 4.69) is 5.32 Å². The number of aliphatic carboxylic acids is 1. The molecule has 0 radical (unpaired) electrons. The molecule has 0 unspecified atom stereocenters. The molecule has 3 nitrogen and oxygen atoms in total. The molecule has 0 fully saturated rings. The van der Waals surface area contributed by atoms with E-state index in [-0.39, 0.29) is 5.56 Å². The van der Waals surface area contributed by atoms with Gasteiger partial charge in [-0.1, -0.05) is 12.1 Å². The fourth-order valence-electron chi connectivity index (χ4n) is 1.38. The maximum absolute atomic E-state index is 12.5. The third kappa shape index (κ3) is 2.58. The van der Waals surface area contributed by atoms with Gasteiger partial charge in [0.15, 0.2) is 0 Å². The van der Waals surface area contributed by atoms with Crippen molar-refractivity contribution in [3.8, 4) is 0 Å². The predicted molar refractivity (Wildman–Crippen MR) is 55.5 cm³/mol. The van der Waals surface area contributed by atoms with E-state index in [4.69, 9.17) is 5.11 Å². The third-order valence-corrected chi connectivity index (χ3v) is 2.69. The Balaban J connectivity index is 3.28. The molecule has 0 amide bonds. The van der Waals surface area contributed by atoms with Crippen molar-refractivity contribution >= 4 is 5.97 Å². The molecular weight excluding hydrogens is 235 g/mol. The Morgan fingerprint density at radius 2 is 1.82 bits per heavy atom. The molecule has 0 aliphatic rings.